The number of rotatable bonds is 4. The second kappa shape index (κ2) is 5.77. The van der Waals surface area contributed by atoms with Crippen LogP contribution in [0.5, 0.6) is 11.5 Å². The number of nitrogens with one attached hydrogen (secondary N) is 2. The van der Waals surface area contributed by atoms with E-state index in [9.17, 15) is 4.79 Å². The average molecular weight is 297 g/mol. The van der Waals surface area contributed by atoms with Crippen LogP contribution in [0, 0.1) is 0 Å². The number of carbonyl (C=O) groups excluding carboxylic acids is 1. The minimum absolute atomic E-state index is 0.236. The molecule has 1 aromatic heterocycles. The molecule has 6 nitrogen and oxygen atoms in total. The van der Waals surface area contributed by atoms with Crippen LogP contribution in [0.2, 0.25) is 0 Å². The molecule has 112 valence electrons. The van der Waals surface area contributed by atoms with E-state index >= 15 is 0 Å². The number of fused-ring (bicyclic) bond motifs is 1. The number of carbonyl (C=O) groups is 1. The van der Waals surface area contributed by atoms with Gasteiger partial charge in [-0.3, -0.25) is 9.89 Å². The molecular formula is C16H15N3O3. The lowest BCUT2D eigenvalue weighted by Gasteiger charge is -2.09. The Hall–Kier alpha value is -3.02. The van der Waals surface area contributed by atoms with E-state index in [0.29, 0.717) is 22.7 Å². The van der Waals surface area contributed by atoms with Crippen LogP contribution < -0.4 is 14.8 Å². The van der Waals surface area contributed by atoms with Crippen LogP contribution >= 0.6 is 0 Å². The summed E-state index contributed by atoms with van der Waals surface area (Å²) in [5, 5.41) is 10.6. The molecule has 1 amide bonds. The highest BCUT2D eigenvalue weighted by Gasteiger charge is 2.10. The van der Waals surface area contributed by atoms with Crippen molar-refractivity contribution >= 4 is 22.5 Å². The third kappa shape index (κ3) is 2.71. The maximum atomic E-state index is 12.4. The molecule has 2 N–H and O–H groups in total. The number of benzene rings is 2. The van der Waals surface area contributed by atoms with Crippen LogP contribution in [-0.4, -0.2) is 30.3 Å². The first kappa shape index (κ1) is 13.9. The quantitative estimate of drug-likeness (QED) is 0.776. The Morgan fingerprint density at radius 2 is 1.82 bits per heavy atom. The Morgan fingerprint density at radius 1 is 1.09 bits per heavy atom. The van der Waals surface area contributed by atoms with Gasteiger partial charge >= 0.3 is 0 Å². The van der Waals surface area contributed by atoms with Crippen molar-refractivity contribution in [2.75, 3.05) is 19.5 Å². The first-order valence-corrected chi connectivity index (χ1v) is 6.67. The molecule has 3 rings (SSSR count). The second-order valence-electron chi connectivity index (χ2n) is 4.73. The molecular weight excluding hydrogens is 282 g/mol. The summed E-state index contributed by atoms with van der Waals surface area (Å²) < 4.78 is 10.3. The van der Waals surface area contributed by atoms with Gasteiger partial charge in [-0.05, 0) is 30.3 Å². The predicted molar refractivity (Wildman–Crippen MR) is 83.6 cm³/mol. The molecule has 0 spiro atoms. The number of H-pyrrole nitrogens is 1. The first-order valence-electron chi connectivity index (χ1n) is 6.67. The summed E-state index contributed by atoms with van der Waals surface area (Å²) in [6.07, 6.45) is 1.71. The van der Waals surface area contributed by atoms with E-state index in [4.69, 9.17) is 9.47 Å². The SMILES string of the molecule is COc1cc(OC)cc(C(=O)Nc2ccc3[nH]ncc3c2)c1. The standard InChI is InChI=1S/C16H15N3O3/c1-21-13-6-10(7-14(8-13)22-2)16(20)18-12-3-4-15-11(5-12)9-17-19-15/h3-9H,1-2H3,(H,17,19)(H,18,20). The topological polar surface area (TPSA) is 76.2 Å². The number of hydrogen-bond donors (Lipinski definition) is 2. The van der Waals surface area contributed by atoms with Gasteiger partial charge in [0.15, 0.2) is 0 Å². The van der Waals surface area contributed by atoms with Crippen LogP contribution in [0.3, 0.4) is 0 Å². The third-order valence-electron chi connectivity index (χ3n) is 3.31. The molecule has 0 aliphatic rings. The van der Waals surface area contributed by atoms with Crippen molar-refractivity contribution in [3.63, 3.8) is 0 Å². The summed E-state index contributed by atoms with van der Waals surface area (Å²) in [6, 6.07) is 10.6. The molecule has 3 aromatic rings. The Balaban J connectivity index is 1.87. The number of amides is 1. The fourth-order valence-electron chi connectivity index (χ4n) is 2.16. The normalized spacial score (nSPS) is 10.5. The number of aromatic nitrogens is 2. The van der Waals surface area contributed by atoms with Crippen molar-refractivity contribution in [1.29, 1.82) is 0 Å². The summed E-state index contributed by atoms with van der Waals surface area (Å²) in [5.41, 5.74) is 2.07. The van der Waals surface area contributed by atoms with E-state index in [-0.39, 0.29) is 5.91 Å². The number of nitrogens with zero attached hydrogens (tertiary/aromatic N) is 1. The first-order chi connectivity index (χ1) is 10.7. The molecule has 0 fully saturated rings. The third-order valence-corrected chi connectivity index (χ3v) is 3.31. The molecule has 2 aromatic carbocycles. The maximum Gasteiger partial charge on any atom is 0.255 e. The zero-order valence-corrected chi connectivity index (χ0v) is 12.2. The van der Waals surface area contributed by atoms with Crippen LogP contribution in [0.4, 0.5) is 5.69 Å². The highest BCUT2D eigenvalue weighted by atomic mass is 16.5. The van der Waals surface area contributed by atoms with Gasteiger partial charge in [0.25, 0.3) is 5.91 Å². The van der Waals surface area contributed by atoms with Gasteiger partial charge in [0.1, 0.15) is 11.5 Å². The molecule has 0 unspecified atom stereocenters. The molecule has 1 heterocycles. The number of aromatic amines is 1. The van der Waals surface area contributed by atoms with Crippen molar-refractivity contribution < 1.29 is 14.3 Å². The molecule has 22 heavy (non-hydrogen) atoms. The summed E-state index contributed by atoms with van der Waals surface area (Å²) in [6.45, 7) is 0. The van der Waals surface area contributed by atoms with Gasteiger partial charge in [-0.25, -0.2) is 0 Å². The number of ether oxygens (including phenoxy) is 2. The molecule has 0 bridgehead atoms. The van der Waals surface area contributed by atoms with E-state index in [1.54, 1.807) is 38.6 Å². The highest BCUT2D eigenvalue weighted by Crippen LogP contribution is 2.24. The van der Waals surface area contributed by atoms with Crippen molar-refractivity contribution in [2.24, 2.45) is 0 Å². The Morgan fingerprint density at radius 3 is 2.50 bits per heavy atom. The average Bonchev–Trinajstić information content (AvgIpc) is 3.01. The van der Waals surface area contributed by atoms with Crippen LogP contribution in [0.1, 0.15) is 10.4 Å². The van der Waals surface area contributed by atoms with Crippen LogP contribution in [-0.2, 0) is 0 Å². The van der Waals surface area contributed by atoms with Crippen molar-refractivity contribution in [2.45, 2.75) is 0 Å². The van der Waals surface area contributed by atoms with E-state index < -0.39 is 0 Å². The zero-order chi connectivity index (χ0) is 15.5. The molecule has 0 radical (unpaired) electrons. The summed E-state index contributed by atoms with van der Waals surface area (Å²) >= 11 is 0. The molecule has 0 aliphatic carbocycles. The van der Waals surface area contributed by atoms with Crippen molar-refractivity contribution in [3.8, 4) is 11.5 Å². The van der Waals surface area contributed by atoms with Gasteiger partial charge in [0.2, 0.25) is 0 Å². The van der Waals surface area contributed by atoms with Crippen molar-refractivity contribution in [1.82, 2.24) is 10.2 Å². The smallest absolute Gasteiger partial charge is 0.255 e. The minimum atomic E-state index is -0.236. The fraction of sp³-hybridized carbons (Fsp3) is 0.125. The number of anilines is 1. The van der Waals surface area contributed by atoms with E-state index in [1.165, 1.54) is 0 Å². The summed E-state index contributed by atoms with van der Waals surface area (Å²) in [4.78, 5) is 12.4. The lowest BCUT2D eigenvalue weighted by atomic mass is 10.1. The lowest BCUT2D eigenvalue weighted by Crippen LogP contribution is -2.12. The van der Waals surface area contributed by atoms with Gasteiger partial charge in [-0.1, -0.05) is 0 Å². The number of hydrogen-bond acceptors (Lipinski definition) is 4. The van der Waals surface area contributed by atoms with Gasteiger partial charge in [0, 0.05) is 22.7 Å². The summed E-state index contributed by atoms with van der Waals surface area (Å²) in [5.74, 6) is 0.893. The fourth-order valence-corrected chi connectivity index (χ4v) is 2.16. The van der Waals surface area contributed by atoms with E-state index in [0.717, 1.165) is 10.9 Å². The highest BCUT2D eigenvalue weighted by molar-refractivity contribution is 6.05. The van der Waals surface area contributed by atoms with E-state index in [1.807, 2.05) is 18.2 Å². The van der Waals surface area contributed by atoms with Crippen molar-refractivity contribution in [3.05, 3.63) is 48.2 Å². The van der Waals surface area contributed by atoms with E-state index in [2.05, 4.69) is 15.5 Å². The van der Waals surface area contributed by atoms with Gasteiger partial charge in [0.05, 0.1) is 25.9 Å². The van der Waals surface area contributed by atoms with Gasteiger partial charge < -0.3 is 14.8 Å². The second-order valence-corrected chi connectivity index (χ2v) is 4.73. The number of methoxy groups -OCH3 is 2. The maximum absolute atomic E-state index is 12.4. The predicted octanol–water partition coefficient (Wildman–Crippen LogP) is 2.83. The Bertz CT molecular complexity index is 804. The minimum Gasteiger partial charge on any atom is -0.497 e. The molecule has 6 heteroatoms. The van der Waals surface area contributed by atoms with Crippen LogP contribution in [0.25, 0.3) is 10.9 Å². The lowest BCUT2D eigenvalue weighted by molar-refractivity contribution is 0.102. The monoisotopic (exact) mass is 297 g/mol. The molecule has 0 aliphatic heterocycles. The largest absolute Gasteiger partial charge is 0.497 e. The summed E-state index contributed by atoms with van der Waals surface area (Å²) in [7, 11) is 3.09. The molecule has 0 saturated carbocycles. The Labute approximate surface area is 127 Å². The van der Waals surface area contributed by atoms with Crippen LogP contribution in [0.15, 0.2) is 42.6 Å². The molecule has 0 atom stereocenters. The zero-order valence-electron chi connectivity index (χ0n) is 12.2. The molecule has 0 saturated heterocycles. The van der Waals surface area contributed by atoms with Gasteiger partial charge in [-0.2, -0.15) is 5.10 Å². The Kier molecular flexibility index (Phi) is 3.65. The van der Waals surface area contributed by atoms with Gasteiger partial charge in [-0.15, -0.1) is 0 Å².